The zero-order chi connectivity index (χ0) is 20.6. The van der Waals surface area contributed by atoms with Gasteiger partial charge in [0.15, 0.2) is 5.58 Å². The Morgan fingerprint density at radius 1 is 0.387 bits per heavy atom. The molecule has 0 N–H and O–H groups in total. The monoisotopic (exact) mass is 397 g/mol. The number of fused-ring (bicyclic) bond motifs is 9. The van der Waals surface area contributed by atoms with Crippen molar-refractivity contribution in [2.24, 2.45) is 0 Å². The molecule has 0 saturated heterocycles. The van der Waals surface area contributed by atoms with Crippen molar-refractivity contribution in [1.82, 2.24) is 4.98 Å². The first kappa shape index (κ1) is 17.7. The molecule has 2 heterocycles. The van der Waals surface area contributed by atoms with E-state index in [0.29, 0.717) is 0 Å². The molecule has 0 aliphatic rings. The van der Waals surface area contributed by atoms with E-state index in [4.69, 9.17) is 4.42 Å². The van der Waals surface area contributed by atoms with Gasteiger partial charge in [0.1, 0.15) is 11.1 Å². The summed E-state index contributed by atoms with van der Waals surface area (Å²) < 4.78 is 5.59. The van der Waals surface area contributed by atoms with Crippen LogP contribution in [0.5, 0.6) is 0 Å². The molecule has 0 aliphatic carbocycles. The van der Waals surface area contributed by atoms with Crippen molar-refractivity contribution < 1.29 is 4.42 Å². The van der Waals surface area contributed by atoms with Gasteiger partial charge < -0.3 is 4.42 Å². The number of furan rings is 1. The Balaban J connectivity index is 0.000000126. The van der Waals surface area contributed by atoms with Gasteiger partial charge in [-0.2, -0.15) is 0 Å². The van der Waals surface area contributed by atoms with Crippen molar-refractivity contribution in [3.8, 4) is 0 Å². The Morgan fingerprint density at radius 3 is 1.26 bits per heavy atom. The van der Waals surface area contributed by atoms with Crippen molar-refractivity contribution >= 4 is 54.4 Å². The van der Waals surface area contributed by atoms with Crippen molar-refractivity contribution in [2.45, 2.75) is 0 Å². The lowest BCUT2D eigenvalue weighted by Gasteiger charge is -2.09. The van der Waals surface area contributed by atoms with Crippen LogP contribution in [-0.2, 0) is 0 Å². The molecule has 7 aromatic rings. The van der Waals surface area contributed by atoms with Crippen molar-refractivity contribution in [2.75, 3.05) is 0 Å². The van der Waals surface area contributed by atoms with E-state index in [0.717, 1.165) is 22.1 Å². The summed E-state index contributed by atoms with van der Waals surface area (Å²) >= 11 is 0. The molecule has 0 radical (unpaired) electrons. The molecule has 146 valence electrons. The van der Waals surface area contributed by atoms with E-state index >= 15 is 0 Å². The van der Waals surface area contributed by atoms with E-state index in [1.165, 1.54) is 32.3 Å². The molecular formula is C29H19NO. The standard InChI is InChI=1S/C18H12.C11H7NO/c1-2-8-14-13(7-1)15-9-3-4-11-17(15)18-12-6-5-10-16(14)18;1-2-5-9-8(4-1)11-10(13-9)6-3-7-12-11/h1-12H;1-7H. The third-order valence-electron chi connectivity index (χ3n) is 5.78. The number of hydrogen-bond donors (Lipinski definition) is 0. The fraction of sp³-hybridized carbons (Fsp3) is 0. The average Bonchev–Trinajstić information content (AvgIpc) is 3.24. The van der Waals surface area contributed by atoms with Gasteiger partial charge in [-0.15, -0.1) is 0 Å². The van der Waals surface area contributed by atoms with E-state index in [1.54, 1.807) is 6.20 Å². The molecule has 2 heteroatoms. The fourth-order valence-corrected chi connectivity index (χ4v) is 4.40. The van der Waals surface area contributed by atoms with Crippen LogP contribution in [0.3, 0.4) is 0 Å². The summed E-state index contributed by atoms with van der Waals surface area (Å²) in [6, 6.07) is 37.7. The number of hydrogen-bond acceptors (Lipinski definition) is 2. The molecule has 0 saturated carbocycles. The fourth-order valence-electron chi connectivity index (χ4n) is 4.40. The second-order valence-electron chi connectivity index (χ2n) is 7.59. The van der Waals surface area contributed by atoms with Gasteiger partial charge in [-0.3, -0.25) is 4.98 Å². The molecular weight excluding hydrogens is 378 g/mol. The van der Waals surface area contributed by atoms with Gasteiger partial charge in [0, 0.05) is 11.6 Å². The van der Waals surface area contributed by atoms with Crippen LogP contribution in [0.2, 0.25) is 0 Å². The van der Waals surface area contributed by atoms with Crippen LogP contribution in [0.25, 0.3) is 54.4 Å². The van der Waals surface area contributed by atoms with Crippen molar-refractivity contribution in [3.05, 3.63) is 115 Å². The Bertz CT molecular complexity index is 1420. The lowest BCUT2D eigenvalue weighted by Crippen LogP contribution is -1.81. The topological polar surface area (TPSA) is 26.0 Å². The minimum absolute atomic E-state index is 0.851. The molecule has 0 atom stereocenters. The van der Waals surface area contributed by atoms with E-state index in [9.17, 15) is 0 Å². The predicted octanol–water partition coefficient (Wildman–Crippen LogP) is 8.13. The molecule has 2 aromatic heterocycles. The van der Waals surface area contributed by atoms with Gasteiger partial charge in [0.05, 0.1) is 0 Å². The van der Waals surface area contributed by atoms with E-state index in [1.807, 2.05) is 36.4 Å². The molecule has 5 aromatic carbocycles. The number of benzene rings is 5. The maximum atomic E-state index is 5.59. The number of rotatable bonds is 0. The zero-order valence-electron chi connectivity index (χ0n) is 16.8. The van der Waals surface area contributed by atoms with Gasteiger partial charge in [0.2, 0.25) is 0 Å². The molecule has 0 aliphatic heterocycles. The van der Waals surface area contributed by atoms with Crippen LogP contribution in [0.1, 0.15) is 0 Å². The molecule has 0 amide bonds. The smallest absolute Gasteiger partial charge is 0.153 e. The predicted molar refractivity (Wildman–Crippen MR) is 130 cm³/mol. The number of pyridine rings is 1. The number of para-hydroxylation sites is 1. The molecule has 7 rings (SSSR count). The first-order valence-corrected chi connectivity index (χ1v) is 10.4. The van der Waals surface area contributed by atoms with Gasteiger partial charge in [-0.25, -0.2) is 0 Å². The maximum absolute atomic E-state index is 5.59. The van der Waals surface area contributed by atoms with Crippen molar-refractivity contribution in [1.29, 1.82) is 0 Å². The SMILES string of the molecule is c1ccc2c(c1)c1ccccc1c1ccccc21.c1ccc2c(c1)oc1cccnc12. The normalized spacial score (nSPS) is 11.2. The molecule has 0 bridgehead atoms. The van der Waals surface area contributed by atoms with Crippen LogP contribution in [-0.4, -0.2) is 4.98 Å². The highest BCUT2D eigenvalue weighted by Gasteiger charge is 2.06. The highest BCUT2D eigenvalue weighted by molar-refractivity contribution is 6.25. The summed E-state index contributed by atoms with van der Waals surface area (Å²) in [7, 11) is 0. The van der Waals surface area contributed by atoms with Crippen LogP contribution in [0, 0.1) is 0 Å². The van der Waals surface area contributed by atoms with E-state index in [2.05, 4.69) is 77.8 Å². The maximum Gasteiger partial charge on any atom is 0.153 e. The van der Waals surface area contributed by atoms with Crippen molar-refractivity contribution in [3.63, 3.8) is 0 Å². The zero-order valence-corrected chi connectivity index (χ0v) is 16.8. The Labute approximate surface area is 179 Å². The van der Waals surface area contributed by atoms with Crippen LogP contribution < -0.4 is 0 Å². The third-order valence-corrected chi connectivity index (χ3v) is 5.78. The molecule has 2 nitrogen and oxygen atoms in total. The first-order valence-electron chi connectivity index (χ1n) is 10.4. The van der Waals surface area contributed by atoms with Crippen LogP contribution in [0.15, 0.2) is 120 Å². The quantitative estimate of drug-likeness (QED) is 0.241. The Kier molecular flexibility index (Phi) is 4.14. The van der Waals surface area contributed by atoms with Crippen LogP contribution >= 0.6 is 0 Å². The molecule has 0 fully saturated rings. The second kappa shape index (κ2) is 7.26. The summed E-state index contributed by atoms with van der Waals surface area (Å²) in [5.74, 6) is 0. The summed E-state index contributed by atoms with van der Waals surface area (Å²) in [6.45, 7) is 0. The summed E-state index contributed by atoms with van der Waals surface area (Å²) in [6.07, 6.45) is 1.78. The third kappa shape index (κ3) is 2.92. The lowest BCUT2D eigenvalue weighted by atomic mass is 9.95. The highest BCUT2D eigenvalue weighted by atomic mass is 16.3. The highest BCUT2D eigenvalue weighted by Crippen LogP contribution is 2.34. The van der Waals surface area contributed by atoms with Gasteiger partial charge in [-0.1, -0.05) is 84.9 Å². The lowest BCUT2D eigenvalue weighted by molar-refractivity contribution is 0.668. The molecule has 31 heavy (non-hydrogen) atoms. The average molecular weight is 397 g/mol. The second-order valence-corrected chi connectivity index (χ2v) is 7.59. The molecule has 0 spiro atoms. The summed E-state index contributed by atoms with van der Waals surface area (Å²) in [4.78, 5) is 4.28. The first-order chi connectivity index (χ1) is 15.4. The van der Waals surface area contributed by atoms with Crippen LogP contribution in [0.4, 0.5) is 0 Å². The minimum Gasteiger partial charge on any atom is -0.454 e. The number of aromatic nitrogens is 1. The summed E-state index contributed by atoms with van der Waals surface area (Å²) in [5, 5.41) is 9.12. The minimum atomic E-state index is 0.851. The summed E-state index contributed by atoms with van der Waals surface area (Å²) in [5.41, 5.74) is 2.69. The van der Waals surface area contributed by atoms with Gasteiger partial charge in [-0.05, 0) is 56.6 Å². The van der Waals surface area contributed by atoms with E-state index < -0.39 is 0 Å². The Hall–Kier alpha value is -4.17. The largest absolute Gasteiger partial charge is 0.454 e. The van der Waals surface area contributed by atoms with Gasteiger partial charge >= 0.3 is 0 Å². The molecule has 0 unspecified atom stereocenters. The number of nitrogens with zero attached hydrogens (tertiary/aromatic N) is 1. The Morgan fingerprint density at radius 2 is 0.774 bits per heavy atom. The van der Waals surface area contributed by atoms with E-state index in [-0.39, 0.29) is 0 Å². The van der Waals surface area contributed by atoms with Gasteiger partial charge in [0.25, 0.3) is 0 Å².